The van der Waals surface area contributed by atoms with E-state index in [-0.39, 0.29) is 5.60 Å². The van der Waals surface area contributed by atoms with Crippen molar-refractivity contribution in [2.45, 2.75) is 50.7 Å². The third-order valence-corrected chi connectivity index (χ3v) is 3.78. The van der Waals surface area contributed by atoms with Gasteiger partial charge in [0.2, 0.25) is 0 Å². The second-order valence-electron chi connectivity index (χ2n) is 5.46. The third-order valence-electron chi connectivity index (χ3n) is 3.78. The van der Waals surface area contributed by atoms with Crippen LogP contribution in [-0.2, 0) is 11.2 Å². The standard InChI is InChI=1S/C14H18O/c1-14(2)9-12-11-6-4-3-5-10(11)7-8-13(12)15-14/h3-6,12-13H,7-9H2,1-2H3. The first-order chi connectivity index (χ1) is 7.16. The highest BCUT2D eigenvalue weighted by Crippen LogP contribution is 2.46. The van der Waals surface area contributed by atoms with Crippen LogP contribution in [0.15, 0.2) is 24.3 Å². The van der Waals surface area contributed by atoms with Gasteiger partial charge in [-0.3, -0.25) is 0 Å². The molecule has 80 valence electrons. The summed E-state index contributed by atoms with van der Waals surface area (Å²) in [5.41, 5.74) is 3.16. The first-order valence-electron chi connectivity index (χ1n) is 5.91. The topological polar surface area (TPSA) is 9.23 Å². The minimum Gasteiger partial charge on any atom is -0.372 e. The smallest absolute Gasteiger partial charge is 0.0655 e. The van der Waals surface area contributed by atoms with Crippen LogP contribution in [0.4, 0.5) is 0 Å². The van der Waals surface area contributed by atoms with E-state index in [2.05, 4.69) is 38.1 Å². The summed E-state index contributed by atoms with van der Waals surface area (Å²) in [5, 5.41) is 0. The summed E-state index contributed by atoms with van der Waals surface area (Å²) in [6.45, 7) is 4.43. The molecule has 2 atom stereocenters. The second kappa shape index (κ2) is 3.08. The van der Waals surface area contributed by atoms with Crippen LogP contribution in [0, 0.1) is 0 Å². The van der Waals surface area contributed by atoms with Gasteiger partial charge in [0.15, 0.2) is 0 Å². The fraction of sp³-hybridized carbons (Fsp3) is 0.571. The summed E-state index contributed by atoms with van der Waals surface area (Å²) in [4.78, 5) is 0. The van der Waals surface area contributed by atoms with E-state index in [9.17, 15) is 0 Å². The molecule has 1 heterocycles. The molecule has 0 bridgehead atoms. The molecule has 1 nitrogen and oxygen atoms in total. The zero-order chi connectivity index (χ0) is 10.5. The van der Waals surface area contributed by atoms with Gasteiger partial charge in [-0.05, 0) is 44.2 Å². The summed E-state index contributed by atoms with van der Waals surface area (Å²) >= 11 is 0. The van der Waals surface area contributed by atoms with Crippen molar-refractivity contribution < 1.29 is 4.74 Å². The van der Waals surface area contributed by atoms with Crippen LogP contribution in [0.5, 0.6) is 0 Å². The molecule has 0 N–H and O–H groups in total. The maximum absolute atomic E-state index is 6.11. The Morgan fingerprint density at radius 1 is 1.27 bits per heavy atom. The minimum absolute atomic E-state index is 0.0762. The van der Waals surface area contributed by atoms with Crippen LogP contribution >= 0.6 is 0 Å². The molecule has 1 saturated heterocycles. The van der Waals surface area contributed by atoms with Crippen molar-refractivity contribution in [2.75, 3.05) is 0 Å². The summed E-state index contributed by atoms with van der Waals surface area (Å²) in [6.07, 6.45) is 4.03. The largest absolute Gasteiger partial charge is 0.372 e. The lowest BCUT2D eigenvalue weighted by Gasteiger charge is -2.26. The van der Waals surface area contributed by atoms with E-state index in [0.717, 1.165) is 0 Å². The number of aryl methyl sites for hydroxylation is 1. The van der Waals surface area contributed by atoms with Gasteiger partial charge < -0.3 is 4.74 Å². The van der Waals surface area contributed by atoms with E-state index in [1.165, 1.54) is 19.3 Å². The highest BCUT2D eigenvalue weighted by molar-refractivity contribution is 5.35. The molecule has 3 rings (SSSR count). The summed E-state index contributed by atoms with van der Waals surface area (Å²) < 4.78 is 6.11. The molecule has 1 aromatic rings. The lowest BCUT2D eigenvalue weighted by Crippen LogP contribution is -2.23. The van der Waals surface area contributed by atoms with Gasteiger partial charge in [-0.25, -0.2) is 0 Å². The van der Waals surface area contributed by atoms with E-state index in [4.69, 9.17) is 4.74 Å². The first kappa shape index (κ1) is 9.41. The maximum Gasteiger partial charge on any atom is 0.0655 e. The molecule has 1 heteroatoms. The number of hydrogen-bond donors (Lipinski definition) is 0. The minimum atomic E-state index is 0.0762. The van der Waals surface area contributed by atoms with Crippen LogP contribution in [-0.4, -0.2) is 11.7 Å². The fourth-order valence-electron chi connectivity index (χ4n) is 3.19. The van der Waals surface area contributed by atoms with Gasteiger partial charge in [-0.15, -0.1) is 0 Å². The molecular weight excluding hydrogens is 184 g/mol. The zero-order valence-electron chi connectivity index (χ0n) is 9.49. The van der Waals surface area contributed by atoms with Gasteiger partial charge in [0.25, 0.3) is 0 Å². The van der Waals surface area contributed by atoms with Gasteiger partial charge in [0, 0.05) is 5.92 Å². The summed E-state index contributed by atoms with van der Waals surface area (Å²) in [5.74, 6) is 0.643. The Hall–Kier alpha value is -0.820. The summed E-state index contributed by atoms with van der Waals surface area (Å²) in [6, 6.07) is 8.88. The average molecular weight is 202 g/mol. The molecule has 1 aliphatic carbocycles. The van der Waals surface area contributed by atoms with Crippen molar-refractivity contribution in [2.24, 2.45) is 0 Å². The quantitative estimate of drug-likeness (QED) is 0.627. The van der Waals surface area contributed by atoms with Crippen LogP contribution in [0.1, 0.15) is 43.7 Å². The Morgan fingerprint density at radius 2 is 2.07 bits per heavy atom. The molecule has 0 saturated carbocycles. The Kier molecular flexibility index (Phi) is 1.93. The third kappa shape index (κ3) is 1.50. The van der Waals surface area contributed by atoms with Crippen molar-refractivity contribution >= 4 is 0 Å². The lowest BCUT2D eigenvalue weighted by atomic mass is 9.79. The molecular formula is C14H18O. The number of hydrogen-bond acceptors (Lipinski definition) is 1. The van der Waals surface area contributed by atoms with Gasteiger partial charge in [-0.1, -0.05) is 24.3 Å². The molecule has 1 aromatic carbocycles. The van der Waals surface area contributed by atoms with E-state index < -0.39 is 0 Å². The Morgan fingerprint density at radius 3 is 2.93 bits per heavy atom. The van der Waals surface area contributed by atoms with Crippen LogP contribution < -0.4 is 0 Å². The first-order valence-corrected chi connectivity index (χ1v) is 5.91. The van der Waals surface area contributed by atoms with Crippen molar-refractivity contribution in [1.29, 1.82) is 0 Å². The van der Waals surface area contributed by atoms with Gasteiger partial charge in [0.1, 0.15) is 0 Å². The number of fused-ring (bicyclic) bond motifs is 3. The van der Waals surface area contributed by atoms with Gasteiger partial charge in [-0.2, -0.15) is 0 Å². The molecule has 0 spiro atoms. The maximum atomic E-state index is 6.11. The SMILES string of the molecule is CC1(C)CC2c3ccccc3CCC2O1. The zero-order valence-corrected chi connectivity index (χ0v) is 9.49. The molecule has 1 fully saturated rings. The molecule has 15 heavy (non-hydrogen) atoms. The highest BCUT2D eigenvalue weighted by atomic mass is 16.5. The summed E-state index contributed by atoms with van der Waals surface area (Å²) in [7, 11) is 0. The van der Waals surface area contributed by atoms with E-state index in [0.29, 0.717) is 12.0 Å². The Labute approximate surface area is 91.5 Å². The number of rotatable bonds is 0. The normalized spacial score (nSPS) is 32.1. The van der Waals surface area contributed by atoms with Crippen LogP contribution in [0.25, 0.3) is 0 Å². The fourth-order valence-corrected chi connectivity index (χ4v) is 3.19. The van der Waals surface area contributed by atoms with Gasteiger partial charge in [0.05, 0.1) is 11.7 Å². The van der Waals surface area contributed by atoms with Crippen molar-refractivity contribution in [3.05, 3.63) is 35.4 Å². The van der Waals surface area contributed by atoms with Crippen molar-refractivity contribution in [3.8, 4) is 0 Å². The van der Waals surface area contributed by atoms with Crippen LogP contribution in [0.3, 0.4) is 0 Å². The molecule has 2 unspecified atom stereocenters. The predicted octanol–water partition coefficient (Wildman–Crippen LogP) is 3.28. The molecule has 0 aromatic heterocycles. The molecule has 0 amide bonds. The second-order valence-corrected chi connectivity index (χ2v) is 5.46. The Bertz CT molecular complexity index is 381. The number of ether oxygens (including phenoxy) is 1. The van der Waals surface area contributed by atoms with Crippen molar-refractivity contribution in [3.63, 3.8) is 0 Å². The number of benzene rings is 1. The van der Waals surface area contributed by atoms with Crippen molar-refractivity contribution in [1.82, 2.24) is 0 Å². The molecule has 0 radical (unpaired) electrons. The van der Waals surface area contributed by atoms with E-state index in [1.807, 2.05) is 0 Å². The monoisotopic (exact) mass is 202 g/mol. The molecule has 2 aliphatic rings. The molecule has 1 aliphatic heterocycles. The Balaban J connectivity index is 2.00. The lowest BCUT2D eigenvalue weighted by molar-refractivity contribution is -0.0215. The van der Waals surface area contributed by atoms with E-state index >= 15 is 0 Å². The van der Waals surface area contributed by atoms with Crippen LogP contribution in [0.2, 0.25) is 0 Å². The average Bonchev–Trinajstić information content (AvgIpc) is 2.52. The van der Waals surface area contributed by atoms with E-state index in [1.54, 1.807) is 11.1 Å². The van der Waals surface area contributed by atoms with Gasteiger partial charge >= 0.3 is 0 Å². The highest BCUT2D eigenvalue weighted by Gasteiger charge is 2.43. The predicted molar refractivity (Wildman–Crippen MR) is 61.1 cm³/mol.